The zero-order valence-electron chi connectivity index (χ0n) is 9.82. The molecule has 0 amide bonds. The van der Waals surface area contributed by atoms with Gasteiger partial charge in [-0.2, -0.15) is 0 Å². The summed E-state index contributed by atoms with van der Waals surface area (Å²) in [5.41, 5.74) is 7.09. The molecule has 0 bridgehead atoms. The summed E-state index contributed by atoms with van der Waals surface area (Å²) in [6.45, 7) is 0. The molecule has 2 aromatic heterocycles. The van der Waals surface area contributed by atoms with Crippen molar-refractivity contribution in [2.75, 3.05) is 5.73 Å². The minimum atomic E-state index is -0.269. The van der Waals surface area contributed by atoms with Gasteiger partial charge in [-0.15, -0.1) is 0 Å². The largest absolute Gasteiger partial charge is 0.369 e. The fraction of sp³-hybridized carbons (Fsp3) is 0. The molecule has 0 aliphatic rings. The molecule has 102 valence electrons. The smallest absolute Gasteiger partial charge is 0.249 e. The zero-order valence-corrected chi connectivity index (χ0v) is 12.1. The summed E-state index contributed by atoms with van der Waals surface area (Å²) in [6, 6.07) is 6.02. The summed E-state index contributed by atoms with van der Waals surface area (Å²) in [5, 5.41) is 0.998. The van der Waals surface area contributed by atoms with Gasteiger partial charge in [0.2, 0.25) is 11.5 Å². The fourth-order valence-corrected chi connectivity index (χ4v) is 2.56. The van der Waals surface area contributed by atoms with Gasteiger partial charge in [0.05, 0.1) is 20.8 Å². The van der Waals surface area contributed by atoms with Crippen molar-refractivity contribution in [2.24, 2.45) is 0 Å². The van der Waals surface area contributed by atoms with Gasteiger partial charge in [-0.25, -0.2) is 4.98 Å². The van der Waals surface area contributed by atoms with E-state index in [2.05, 4.69) is 9.97 Å². The first kappa shape index (κ1) is 13.3. The maximum atomic E-state index is 11.5. The molecule has 8 heteroatoms. The first-order chi connectivity index (χ1) is 9.47. The number of H-pyrrole nitrogens is 1. The number of imidazole rings is 1. The van der Waals surface area contributed by atoms with Gasteiger partial charge in [-0.05, 0) is 18.2 Å². The molecule has 1 aromatic carbocycles. The van der Waals surface area contributed by atoms with Crippen LogP contribution in [0.5, 0.6) is 0 Å². The quantitative estimate of drug-likeness (QED) is 0.673. The van der Waals surface area contributed by atoms with E-state index in [-0.39, 0.29) is 11.5 Å². The lowest BCUT2D eigenvalue weighted by Gasteiger charge is -2.09. The van der Waals surface area contributed by atoms with E-state index in [4.69, 9.17) is 40.5 Å². The second-order valence-electron chi connectivity index (χ2n) is 4.08. The number of nitrogens with one attached hydrogen (secondary N) is 1. The summed E-state index contributed by atoms with van der Waals surface area (Å²) < 4.78 is 1.52. The number of nitrogen functional groups attached to an aromatic ring is 1. The number of hydrogen-bond donors (Lipinski definition) is 2. The molecule has 0 aliphatic heterocycles. The molecule has 0 radical (unpaired) electrons. The van der Waals surface area contributed by atoms with Crippen LogP contribution in [0.2, 0.25) is 15.1 Å². The SMILES string of the molecule is Nc1nc2ccc(=O)[nH]c2n1-c1cc(Cl)c(Cl)cc1Cl. The van der Waals surface area contributed by atoms with Gasteiger partial charge < -0.3 is 10.7 Å². The van der Waals surface area contributed by atoms with Crippen molar-refractivity contribution in [1.29, 1.82) is 0 Å². The Kier molecular flexibility index (Phi) is 3.12. The average Bonchev–Trinajstić information content (AvgIpc) is 2.69. The monoisotopic (exact) mass is 328 g/mol. The third-order valence-corrected chi connectivity index (χ3v) is 3.82. The van der Waals surface area contributed by atoms with E-state index in [1.54, 1.807) is 12.1 Å². The summed E-state index contributed by atoms with van der Waals surface area (Å²) >= 11 is 18.1. The van der Waals surface area contributed by atoms with Crippen molar-refractivity contribution in [3.05, 3.63) is 49.7 Å². The van der Waals surface area contributed by atoms with Crippen LogP contribution >= 0.6 is 34.8 Å². The van der Waals surface area contributed by atoms with Crippen LogP contribution in [0.3, 0.4) is 0 Å². The molecule has 3 aromatic rings. The minimum absolute atomic E-state index is 0.183. The second kappa shape index (κ2) is 4.70. The Bertz CT molecular complexity index is 884. The molecule has 0 saturated carbocycles. The van der Waals surface area contributed by atoms with Gasteiger partial charge in [0.25, 0.3) is 0 Å². The van der Waals surface area contributed by atoms with Crippen molar-refractivity contribution in [3.8, 4) is 5.69 Å². The van der Waals surface area contributed by atoms with Gasteiger partial charge in [0.15, 0.2) is 0 Å². The third kappa shape index (κ3) is 2.04. The van der Waals surface area contributed by atoms with Crippen LogP contribution < -0.4 is 11.3 Å². The number of rotatable bonds is 1. The molecule has 2 heterocycles. The van der Waals surface area contributed by atoms with Gasteiger partial charge in [-0.3, -0.25) is 9.36 Å². The highest BCUT2D eigenvalue weighted by Gasteiger charge is 2.15. The topological polar surface area (TPSA) is 76.7 Å². The lowest BCUT2D eigenvalue weighted by Crippen LogP contribution is -2.07. The minimum Gasteiger partial charge on any atom is -0.369 e. The molecular formula is C12H7Cl3N4O. The Morgan fingerprint density at radius 1 is 1.10 bits per heavy atom. The van der Waals surface area contributed by atoms with E-state index in [1.807, 2.05) is 0 Å². The van der Waals surface area contributed by atoms with Crippen LogP contribution in [0.15, 0.2) is 29.1 Å². The number of pyridine rings is 1. The van der Waals surface area contributed by atoms with Crippen molar-refractivity contribution in [1.82, 2.24) is 14.5 Å². The molecule has 5 nitrogen and oxygen atoms in total. The summed E-state index contributed by atoms with van der Waals surface area (Å²) in [7, 11) is 0. The summed E-state index contributed by atoms with van der Waals surface area (Å²) in [5.74, 6) is 0.183. The number of nitrogens with two attached hydrogens (primary N) is 1. The zero-order chi connectivity index (χ0) is 14.4. The second-order valence-corrected chi connectivity index (χ2v) is 5.30. The molecule has 0 aliphatic carbocycles. The Labute approximate surface area is 127 Å². The Hall–Kier alpha value is -1.69. The number of hydrogen-bond acceptors (Lipinski definition) is 3. The third-order valence-electron chi connectivity index (χ3n) is 2.80. The van der Waals surface area contributed by atoms with Crippen LogP contribution in [0.4, 0.5) is 5.95 Å². The molecule has 0 fully saturated rings. The van der Waals surface area contributed by atoms with Gasteiger partial charge in [0.1, 0.15) is 11.2 Å². The van der Waals surface area contributed by atoms with Crippen molar-refractivity contribution in [3.63, 3.8) is 0 Å². The number of aromatic amines is 1. The lowest BCUT2D eigenvalue weighted by atomic mass is 10.3. The van der Waals surface area contributed by atoms with Crippen LogP contribution in [-0.4, -0.2) is 14.5 Å². The number of anilines is 1. The Balaban J connectivity index is 2.40. The number of benzene rings is 1. The maximum Gasteiger partial charge on any atom is 0.249 e. The van der Waals surface area contributed by atoms with E-state index >= 15 is 0 Å². The molecule has 0 saturated heterocycles. The normalized spacial score (nSPS) is 11.2. The molecule has 20 heavy (non-hydrogen) atoms. The highest BCUT2D eigenvalue weighted by molar-refractivity contribution is 6.43. The standard InChI is InChI=1S/C12H7Cl3N4O/c13-5-3-7(15)9(4-6(5)14)19-11-8(17-12(19)16)1-2-10(20)18-11/h1-4H,(H2,16,17)(H,18,20). The van der Waals surface area contributed by atoms with E-state index in [0.29, 0.717) is 31.9 Å². The highest BCUT2D eigenvalue weighted by atomic mass is 35.5. The van der Waals surface area contributed by atoms with E-state index in [9.17, 15) is 4.79 Å². The van der Waals surface area contributed by atoms with Crippen LogP contribution in [0.1, 0.15) is 0 Å². The highest BCUT2D eigenvalue weighted by Crippen LogP contribution is 2.33. The predicted molar refractivity (Wildman–Crippen MR) is 81.1 cm³/mol. The fourth-order valence-electron chi connectivity index (χ4n) is 1.93. The van der Waals surface area contributed by atoms with Gasteiger partial charge >= 0.3 is 0 Å². The van der Waals surface area contributed by atoms with Gasteiger partial charge in [-0.1, -0.05) is 34.8 Å². The van der Waals surface area contributed by atoms with Gasteiger partial charge in [0, 0.05) is 6.07 Å². The number of nitrogens with zero attached hydrogens (tertiary/aromatic N) is 2. The number of fused-ring (bicyclic) bond motifs is 1. The molecule has 3 rings (SSSR count). The first-order valence-corrected chi connectivity index (χ1v) is 6.63. The Morgan fingerprint density at radius 2 is 1.80 bits per heavy atom. The molecule has 0 unspecified atom stereocenters. The lowest BCUT2D eigenvalue weighted by molar-refractivity contribution is 1.08. The van der Waals surface area contributed by atoms with Crippen LogP contribution in [0.25, 0.3) is 16.9 Å². The Morgan fingerprint density at radius 3 is 2.55 bits per heavy atom. The first-order valence-electron chi connectivity index (χ1n) is 5.49. The maximum absolute atomic E-state index is 11.5. The van der Waals surface area contributed by atoms with Crippen molar-refractivity contribution in [2.45, 2.75) is 0 Å². The number of aromatic nitrogens is 3. The van der Waals surface area contributed by atoms with E-state index < -0.39 is 0 Å². The average molecular weight is 330 g/mol. The van der Waals surface area contributed by atoms with Crippen molar-refractivity contribution < 1.29 is 0 Å². The molecular weight excluding hydrogens is 323 g/mol. The predicted octanol–water partition coefficient (Wildman–Crippen LogP) is 3.26. The summed E-state index contributed by atoms with van der Waals surface area (Å²) in [4.78, 5) is 18.3. The van der Waals surface area contributed by atoms with Crippen LogP contribution in [0, 0.1) is 0 Å². The molecule has 0 spiro atoms. The molecule has 3 N–H and O–H groups in total. The molecule has 0 atom stereocenters. The van der Waals surface area contributed by atoms with E-state index in [0.717, 1.165) is 0 Å². The summed E-state index contributed by atoms with van der Waals surface area (Å²) in [6.07, 6.45) is 0. The van der Waals surface area contributed by atoms with Crippen molar-refractivity contribution >= 4 is 51.9 Å². The van der Waals surface area contributed by atoms with Crippen LogP contribution in [-0.2, 0) is 0 Å². The number of halogens is 3. The van der Waals surface area contributed by atoms with E-state index in [1.165, 1.54) is 16.7 Å².